The van der Waals surface area contributed by atoms with Crippen molar-refractivity contribution >= 4 is 21.6 Å². The Bertz CT molecular complexity index is 776. The number of nitrogens with one attached hydrogen (secondary N) is 2. The fraction of sp³-hybridized carbons (Fsp3) is 0.333. The van der Waals surface area contributed by atoms with Crippen molar-refractivity contribution in [2.24, 2.45) is 0 Å². The van der Waals surface area contributed by atoms with E-state index in [-0.39, 0.29) is 10.9 Å². The van der Waals surface area contributed by atoms with Gasteiger partial charge in [0, 0.05) is 37.7 Å². The maximum Gasteiger partial charge on any atom is 0.241 e. The van der Waals surface area contributed by atoms with Crippen LogP contribution < -0.4 is 10.0 Å². The summed E-state index contributed by atoms with van der Waals surface area (Å²) in [5.74, 6) is 0. The predicted molar refractivity (Wildman–Crippen MR) is 100 cm³/mol. The number of piperazine rings is 1. The number of nitrogens with zero attached hydrogens (tertiary/aromatic N) is 1. The van der Waals surface area contributed by atoms with E-state index in [1.807, 2.05) is 12.1 Å². The second kappa shape index (κ2) is 8.29. The molecular weight excluding hydrogens is 358 g/mol. The van der Waals surface area contributed by atoms with Crippen molar-refractivity contribution in [3.63, 3.8) is 0 Å². The van der Waals surface area contributed by atoms with Crippen molar-refractivity contribution in [3.05, 3.63) is 65.2 Å². The summed E-state index contributed by atoms with van der Waals surface area (Å²) in [6.07, 6.45) is 0. The summed E-state index contributed by atoms with van der Waals surface area (Å²) >= 11 is 5.98. The predicted octanol–water partition coefficient (Wildman–Crippen LogP) is 2.26. The molecule has 7 heteroatoms. The number of benzene rings is 2. The van der Waals surface area contributed by atoms with Crippen LogP contribution in [0.2, 0.25) is 5.02 Å². The SMILES string of the molecule is O=S(=O)(NC(CN1CCNCC1)c1ccc(Cl)cc1)c1ccccc1. The first kappa shape index (κ1) is 18.4. The van der Waals surface area contributed by atoms with E-state index in [2.05, 4.69) is 14.9 Å². The zero-order valence-corrected chi connectivity index (χ0v) is 15.4. The first-order valence-electron chi connectivity index (χ1n) is 8.30. The molecule has 0 radical (unpaired) electrons. The molecule has 0 aliphatic carbocycles. The maximum absolute atomic E-state index is 12.8. The minimum Gasteiger partial charge on any atom is -0.314 e. The van der Waals surface area contributed by atoms with Crippen LogP contribution in [0.25, 0.3) is 0 Å². The van der Waals surface area contributed by atoms with Crippen molar-refractivity contribution in [1.82, 2.24) is 14.9 Å². The van der Waals surface area contributed by atoms with Gasteiger partial charge in [-0.15, -0.1) is 0 Å². The molecular formula is C18H22ClN3O2S. The monoisotopic (exact) mass is 379 g/mol. The average molecular weight is 380 g/mol. The van der Waals surface area contributed by atoms with Crippen LogP contribution in [-0.4, -0.2) is 46.0 Å². The summed E-state index contributed by atoms with van der Waals surface area (Å²) in [5, 5.41) is 3.95. The zero-order chi connectivity index (χ0) is 17.7. The summed E-state index contributed by atoms with van der Waals surface area (Å²) in [6, 6.07) is 15.5. The molecule has 134 valence electrons. The quantitative estimate of drug-likeness (QED) is 0.808. The topological polar surface area (TPSA) is 61.4 Å². The van der Waals surface area contributed by atoms with Crippen LogP contribution in [0.4, 0.5) is 0 Å². The van der Waals surface area contributed by atoms with Crippen molar-refractivity contribution in [1.29, 1.82) is 0 Å². The average Bonchev–Trinajstić information content (AvgIpc) is 2.63. The second-order valence-corrected chi connectivity index (χ2v) is 8.24. The highest BCUT2D eigenvalue weighted by molar-refractivity contribution is 7.89. The number of hydrogen-bond acceptors (Lipinski definition) is 4. The van der Waals surface area contributed by atoms with E-state index >= 15 is 0 Å². The molecule has 1 atom stereocenters. The Labute approximate surface area is 154 Å². The molecule has 1 heterocycles. The fourth-order valence-electron chi connectivity index (χ4n) is 2.91. The number of halogens is 1. The van der Waals surface area contributed by atoms with E-state index < -0.39 is 10.0 Å². The van der Waals surface area contributed by atoms with E-state index in [0.29, 0.717) is 11.6 Å². The van der Waals surface area contributed by atoms with Gasteiger partial charge < -0.3 is 5.32 Å². The van der Waals surface area contributed by atoms with Gasteiger partial charge in [-0.25, -0.2) is 13.1 Å². The summed E-state index contributed by atoms with van der Waals surface area (Å²) in [5.41, 5.74) is 0.905. The second-order valence-electron chi connectivity index (χ2n) is 6.09. The first-order chi connectivity index (χ1) is 12.0. The molecule has 1 fully saturated rings. The third kappa shape index (κ3) is 5.03. The Morgan fingerprint density at radius 1 is 1.04 bits per heavy atom. The molecule has 1 saturated heterocycles. The van der Waals surface area contributed by atoms with Crippen LogP contribution in [-0.2, 0) is 10.0 Å². The Balaban J connectivity index is 1.83. The van der Waals surface area contributed by atoms with Crippen molar-refractivity contribution in [3.8, 4) is 0 Å². The van der Waals surface area contributed by atoms with Crippen LogP contribution in [0.15, 0.2) is 59.5 Å². The molecule has 1 unspecified atom stereocenters. The van der Waals surface area contributed by atoms with Crippen LogP contribution in [0.5, 0.6) is 0 Å². The summed E-state index contributed by atoms with van der Waals surface area (Å²) in [7, 11) is -3.59. The lowest BCUT2D eigenvalue weighted by atomic mass is 10.1. The molecule has 2 N–H and O–H groups in total. The standard InChI is InChI=1S/C18H22ClN3O2S/c19-16-8-6-15(7-9-16)18(14-22-12-10-20-11-13-22)21-25(23,24)17-4-2-1-3-5-17/h1-9,18,20-21H,10-14H2. The summed E-state index contributed by atoms with van der Waals surface area (Å²) < 4.78 is 28.4. The van der Waals surface area contributed by atoms with Gasteiger partial charge in [0.1, 0.15) is 0 Å². The molecule has 0 aromatic heterocycles. The van der Waals surface area contributed by atoms with E-state index in [4.69, 9.17) is 11.6 Å². The smallest absolute Gasteiger partial charge is 0.241 e. The zero-order valence-electron chi connectivity index (χ0n) is 13.9. The van der Waals surface area contributed by atoms with Gasteiger partial charge in [-0.1, -0.05) is 41.9 Å². The minimum atomic E-state index is -3.59. The third-order valence-corrected chi connectivity index (χ3v) is 6.01. The maximum atomic E-state index is 12.8. The summed E-state index contributed by atoms with van der Waals surface area (Å²) in [6.45, 7) is 4.25. The van der Waals surface area contributed by atoms with E-state index in [0.717, 1.165) is 31.7 Å². The Kier molecular flexibility index (Phi) is 6.09. The van der Waals surface area contributed by atoms with Crippen molar-refractivity contribution in [2.45, 2.75) is 10.9 Å². The largest absolute Gasteiger partial charge is 0.314 e. The van der Waals surface area contributed by atoms with Gasteiger partial charge in [-0.3, -0.25) is 4.90 Å². The third-order valence-electron chi connectivity index (χ3n) is 4.27. The van der Waals surface area contributed by atoms with Gasteiger partial charge in [0.15, 0.2) is 0 Å². The van der Waals surface area contributed by atoms with E-state index in [9.17, 15) is 8.42 Å². The molecule has 0 saturated carbocycles. The number of rotatable bonds is 6. The van der Waals surface area contributed by atoms with Gasteiger partial charge >= 0.3 is 0 Å². The minimum absolute atomic E-state index is 0.272. The van der Waals surface area contributed by atoms with Gasteiger partial charge in [-0.05, 0) is 29.8 Å². The summed E-state index contributed by atoms with van der Waals surface area (Å²) in [4.78, 5) is 2.54. The lowest BCUT2D eigenvalue weighted by Crippen LogP contribution is -2.47. The van der Waals surface area contributed by atoms with Crippen molar-refractivity contribution < 1.29 is 8.42 Å². The highest BCUT2D eigenvalue weighted by atomic mass is 35.5. The molecule has 0 spiro atoms. The van der Waals surface area contributed by atoms with Gasteiger partial charge in [0.2, 0.25) is 10.0 Å². The highest BCUT2D eigenvalue weighted by Crippen LogP contribution is 2.21. The molecule has 1 aliphatic rings. The molecule has 0 bridgehead atoms. The van der Waals surface area contributed by atoms with Crippen molar-refractivity contribution in [2.75, 3.05) is 32.7 Å². The van der Waals surface area contributed by atoms with Crippen LogP contribution in [0.1, 0.15) is 11.6 Å². The van der Waals surface area contributed by atoms with Crippen LogP contribution in [0.3, 0.4) is 0 Å². The highest BCUT2D eigenvalue weighted by Gasteiger charge is 2.24. The fourth-order valence-corrected chi connectivity index (χ4v) is 4.28. The van der Waals surface area contributed by atoms with Gasteiger partial charge in [-0.2, -0.15) is 0 Å². The Morgan fingerprint density at radius 2 is 1.68 bits per heavy atom. The van der Waals surface area contributed by atoms with E-state index in [1.54, 1.807) is 42.5 Å². The number of hydrogen-bond donors (Lipinski definition) is 2. The molecule has 2 aromatic rings. The Hall–Kier alpha value is -1.44. The lowest BCUT2D eigenvalue weighted by molar-refractivity contribution is 0.223. The molecule has 25 heavy (non-hydrogen) atoms. The molecule has 2 aromatic carbocycles. The Morgan fingerprint density at radius 3 is 2.32 bits per heavy atom. The molecule has 3 rings (SSSR count). The molecule has 0 amide bonds. The van der Waals surface area contributed by atoms with Gasteiger partial charge in [0.25, 0.3) is 0 Å². The lowest BCUT2D eigenvalue weighted by Gasteiger charge is -2.31. The molecule has 5 nitrogen and oxygen atoms in total. The van der Waals surface area contributed by atoms with Crippen LogP contribution >= 0.6 is 11.6 Å². The van der Waals surface area contributed by atoms with Crippen LogP contribution in [0, 0.1) is 0 Å². The number of sulfonamides is 1. The molecule has 1 aliphatic heterocycles. The normalized spacial score (nSPS) is 17.3. The van der Waals surface area contributed by atoms with E-state index in [1.165, 1.54) is 0 Å². The first-order valence-corrected chi connectivity index (χ1v) is 10.2. The van der Waals surface area contributed by atoms with Gasteiger partial charge in [0.05, 0.1) is 10.9 Å².